The van der Waals surface area contributed by atoms with Crippen molar-refractivity contribution in [3.63, 3.8) is 0 Å². The highest BCUT2D eigenvalue weighted by atomic mass is 32.2. The number of hydrogen-bond acceptors (Lipinski definition) is 9. The summed E-state index contributed by atoms with van der Waals surface area (Å²) in [4.78, 5) is 31.7. The molecule has 1 aliphatic rings. The summed E-state index contributed by atoms with van der Waals surface area (Å²) >= 11 is 2.96. The first-order chi connectivity index (χ1) is 19.5. The summed E-state index contributed by atoms with van der Waals surface area (Å²) in [5.74, 6) is 1.32. The molecule has 2 aromatic heterocycles. The molecule has 0 bridgehead atoms. The second-order valence-electron chi connectivity index (χ2n) is 9.47. The third kappa shape index (κ3) is 6.20. The maximum absolute atomic E-state index is 13.2. The van der Waals surface area contributed by atoms with E-state index in [0.717, 1.165) is 45.6 Å². The Hall–Kier alpha value is -3.70. The van der Waals surface area contributed by atoms with Crippen LogP contribution in [-0.2, 0) is 15.3 Å². The number of aromatic nitrogens is 4. The van der Waals surface area contributed by atoms with Crippen LogP contribution in [0.2, 0.25) is 0 Å². The van der Waals surface area contributed by atoms with Crippen molar-refractivity contribution in [3.8, 4) is 22.8 Å². The molecule has 0 radical (unpaired) electrons. The molecule has 0 N–H and O–H groups in total. The van der Waals surface area contributed by atoms with Crippen LogP contribution in [0.15, 0.2) is 59.1 Å². The minimum absolute atomic E-state index is 0.148. The van der Waals surface area contributed by atoms with E-state index in [1.54, 1.807) is 24.3 Å². The van der Waals surface area contributed by atoms with E-state index >= 15 is 0 Å². The summed E-state index contributed by atoms with van der Waals surface area (Å²) in [6, 6.07) is 16.0. The first-order valence-corrected chi connectivity index (χ1v) is 15.0. The van der Waals surface area contributed by atoms with Gasteiger partial charge in [-0.3, -0.25) is 14.2 Å². The monoisotopic (exact) mass is 577 g/mol. The number of ether oxygens (including phenoxy) is 2. The van der Waals surface area contributed by atoms with Gasteiger partial charge in [0.05, 0.1) is 25.4 Å². The molecule has 1 atom stereocenters. The van der Waals surface area contributed by atoms with Gasteiger partial charge in [-0.05, 0) is 51.0 Å². The minimum Gasteiger partial charge on any atom is -0.497 e. The summed E-state index contributed by atoms with van der Waals surface area (Å²) in [6.45, 7) is 5.17. The zero-order chi connectivity index (χ0) is 28.1. The largest absolute Gasteiger partial charge is 0.497 e. The molecule has 9 nitrogen and oxygen atoms in total. The summed E-state index contributed by atoms with van der Waals surface area (Å²) < 4.78 is 12.6. The smallest absolute Gasteiger partial charge is 0.310 e. The van der Waals surface area contributed by atoms with E-state index < -0.39 is 0 Å². The SMILES string of the molecule is CCOC(=O)C1CCCN(C(=O)c2csc(CSc3nnc(-c4cccc(OC)c4)n3-c3ccc(C)cc3)n2)C1. The van der Waals surface area contributed by atoms with Crippen molar-refractivity contribution < 1.29 is 19.1 Å². The fourth-order valence-corrected chi connectivity index (χ4v) is 6.35. The Labute approximate surface area is 241 Å². The highest BCUT2D eigenvalue weighted by Crippen LogP contribution is 2.32. The van der Waals surface area contributed by atoms with E-state index in [1.807, 2.05) is 28.8 Å². The van der Waals surface area contributed by atoms with Crippen molar-refractivity contribution >= 4 is 35.0 Å². The Bertz CT molecular complexity index is 1480. The molecule has 4 aromatic rings. The number of methoxy groups -OCH3 is 1. The van der Waals surface area contributed by atoms with E-state index in [1.165, 1.54) is 23.1 Å². The zero-order valence-electron chi connectivity index (χ0n) is 22.7. The van der Waals surface area contributed by atoms with Crippen LogP contribution in [0.1, 0.15) is 40.8 Å². The van der Waals surface area contributed by atoms with Crippen LogP contribution >= 0.6 is 23.1 Å². The molecule has 1 amide bonds. The molecule has 0 saturated carbocycles. The predicted octanol–water partition coefficient (Wildman–Crippen LogP) is 5.42. The number of esters is 1. The molecule has 0 spiro atoms. The van der Waals surface area contributed by atoms with Crippen molar-refractivity contribution in [2.75, 3.05) is 26.8 Å². The molecule has 1 saturated heterocycles. The van der Waals surface area contributed by atoms with E-state index in [9.17, 15) is 9.59 Å². The molecular weight excluding hydrogens is 546 g/mol. The lowest BCUT2D eigenvalue weighted by Gasteiger charge is -2.31. The van der Waals surface area contributed by atoms with Crippen LogP contribution in [0.25, 0.3) is 17.1 Å². The highest BCUT2D eigenvalue weighted by molar-refractivity contribution is 7.98. The first-order valence-electron chi connectivity index (χ1n) is 13.2. The summed E-state index contributed by atoms with van der Waals surface area (Å²) in [7, 11) is 1.64. The van der Waals surface area contributed by atoms with E-state index in [-0.39, 0.29) is 17.8 Å². The van der Waals surface area contributed by atoms with Gasteiger partial charge in [-0.15, -0.1) is 21.5 Å². The van der Waals surface area contributed by atoms with Gasteiger partial charge in [-0.1, -0.05) is 41.6 Å². The molecule has 5 rings (SSSR count). The van der Waals surface area contributed by atoms with Crippen molar-refractivity contribution in [2.24, 2.45) is 5.92 Å². The van der Waals surface area contributed by atoms with Crippen molar-refractivity contribution in [1.82, 2.24) is 24.6 Å². The minimum atomic E-state index is -0.279. The van der Waals surface area contributed by atoms with Gasteiger partial charge in [0, 0.05) is 29.7 Å². The van der Waals surface area contributed by atoms with Crippen LogP contribution in [0, 0.1) is 12.8 Å². The molecular formula is C29H31N5O4S2. The molecule has 11 heteroatoms. The summed E-state index contributed by atoms with van der Waals surface area (Å²) in [5, 5.41) is 12.4. The van der Waals surface area contributed by atoms with Crippen molar-refractivity contribution in [2.45, 2.75) is 37.6 Å². The number of amides is 1. The quantitative estimate of drug-likeness (QED) is 0.192. The summed E-state index contributed by atoms with van der Waals surface area (Å²) in [5.41, 5.74) is 3.41. The van der Waals surface area contributed by atoms with Gasteiger partial charge >= 0.3 is 5.97 Å². The Balaban J connectivity index is 1.33. The fraction of sp³-hybridized carbons (Fsp3) is 0.345. The lowest BCUT2D eigenvalue weighted by atomic mass is 9.98. The van der Waals surface area contributed by atoms with Gasteiger partial charge in [0.1, 0.15) is 16.5 Å². The number of piperidine rings is 1. The number of thioether (sulfide) groups is 1. The van der Waals surface area contributed by atoms with Crippen molar-refractivity contribution in [1.29, 1.82) is 0 Å². The third-order valence-corrected chi connectivity index (χ3v) is 8.65. The number of benzene rings is 2. The number of carbonyl (C=O) groups excluding carboxylic acids is 2. The molecule has 208 valence electrons. The Morgan fingerprint density at radius 1 is 1.15 bits per heavy atom. The number of nitrogens with zero attached hydrogens (tertiary/aromatic N) is 5. The summed E-state index contributed by atoms with van der Waals surface area (Å²) in [6.07, 6.45) is 1.51. The molecule has 2 aromatic carbocycles. The average Bonchev–Trinajstić information content (AvgIpc) is 3.64. The van der Waals surface area contributed by atoms with Crippen molar-refractivity contribution in [3.05, 3.63) is 70.2 Å². The number of rotatable bonds is 9. The number of thiazole rings is 1. The number of hydrogen-bond donors (Lipinski definition) is 0. The van der Waals surface area contributed by atoms with Crippen LogP contribution in [0.3, 0.4) is 0 Å². The number of likely N-dealkylation sites (tertiary alicyclic amines) is 1. The third-order valence-electron chi connectivity index (χ3n) is 6.68. The Morgan fingerprint density at radius 3 is 2.75 bits per heavy atom. The lowest BCUT2D eigenvalue weighted by Crippen LogP contribution is -2.43. The van der Waals surface area contributed by atoms with Crippen LogP contribution < -0.4 is 4.74 Å². The molecule has 1 unspecified atom stereocenters. The van der Waals surface area contributed by atoms with Crippen LogP contribution in [0.4, 0.5) is 0 Å². The maximum atomic E-state index is 13.2. The zero-order valence-corrected chi connectivity index (χ0v) is 24.3. The van der Waals surface area contributed by atoms with E-state index in [0.29, 0.717) is 37.0 Å². The van der Waals surface area contributed by atoms with Gasteiger partial charge in [0.2, 0.25) is 0 Å². The Morgan fingerprint density at radius 2 is 1.98 bits per heavy atom. The molecule has 1 aliphatic heterocycles. The second-order valence-corrected chi connectivity index (χ2v) is 11.4. The van der Waals surface area contributed by atoms with E-state index in [4.69, 9.17) is 9.47 Å². The molecule has 40 heavy (non-hydrogen) atoms. The topological polar surface area (TPSA) is 99.4 Å². The van der Waals surface area contributed by atoms with Gasteiger partial charge < -0.3 is 14.4 Å². The van der Waals surface area contributed by atoms with Crippen LogP contribution in [-0.4, -0.2) is 63.3 Å². The molecule has 3 heterocycles. The second kappa shape index (κ2) is 12.6. The van der Waals surface area contributed by atoms with E-state index in [2.05, 4.69) is 46.4 Å². The highest BCUT2D eigenvalue weighted by Gasteiger charge is 2.30. The van der Waals surface area contributed by atoms with Gasteiger partial charge in [-0.25, -0.2) is 4.98 Å². The predicted molar refractivity (Wildman–Crippen MR) is 155 cm³/mol. The molecule has 1 fully saturated rings. The first kappa shape index (κ1) is 27.9. The van der Waals surface area contributed by atoms with Gasteiger partial charge in [0.25, 0.3) is 5.91 Å². The molecule has 0 aliphatic carbocycles. The van der Waals surface area contributed by atoms with Crippen LogP contribution in [0.5, 0.6) is 5.75 Å². The average molecular weight is 578 g/mol. The normalized spacial score (nSPS) is 15.2. The fourth-order valence-electron chi connectivity index (χ4n) is 4.62. The number of aryl methyl sites for hydroxylation is 1. The van der Waals surface area contributed by atoms with Gasteiger partial charge in [-0.2, -0.15) is 0 Å². The maximum Gasteiger partial charge on any atom is 0.310 e. The number of carbonyl (C=O) groups is 2. The lowest BCUT2D eigenvalue weighted by molar-refractivity contribution is -0.149. The Kier molecular flexibility index (Phi) is 8.81. The van der Waals surface area contributed by atoms with Gasteiger partial charge in [0.15, 0.2) is 11.0 Å². The standard InChI is InChI=1S/C29H31N5O4S2/c1-4-38-28(36)21-8-6-14-33(16-21)27(35)24-17-39-25(30-24)18-40-29-32-31-26(20-7-5-9-23(15-20)37-3)34(29)22-12-10-19(2)11-13-22/h5,7,9-13,15,17,21H,4,6,8,14,16,18H2,1-3H3.